The third-order valence-corrected chi connectivity index (χ3v) is 3.46. The van der Waals surface area contributed by atoms with E-state index in [1.165, 1.54) is 17.7 Å². The van der Waals surface area contributed by atoms with Crippen LogP contribution in [-0.2, 0) is 6.61 Å². The van der Waals surface area contributed by atoms with Crippen LogP contribution in [0.3, 0.4) is 0 Å². The smallest absolute Gasteiger partial charge is 0.0681 e. The molecule has 88 valence electrons. The van der Waals surface area contributed by atoms with Gasteiger partial charge in [0.2, 0.25) is 0 Å². The van der Waals surface area contributed by atoms with Crippen LogP contribution in [0.15, 0.2) is 18.2 Å². The van der Waals surface area contributed by atoms with Crippen molar-refractivity contribution >= 4 is 5.69 Å². The molecule has 0 aromatic heterocycles. The van der Waals surface area contributed by atoms with Gasteiger partial charge in [0, 0.05) is 18.8 Å². The molecule has 2 heteroatoms. The first-order valence-electron chi connectivity index (χ1n) is 5.97. The average molecular weight is 219 g/mol. The minimum absolute atomic E-state index is 0.132. The summed E-state index contributed by atoms with van der Waals surface area (Å²) in [4.78, 5) is 2.45. The third-order valence-electron chi connectivity index (χ3n) is 3.46. The predicted octanol–water partition coefficient (Wildman–Crippen LogP) is 2.72. The van der Waals surface area contributed by atoms with Gasteiger partial charge in [-0.25, -0.2) is 0 Å². The van der Waals surface area contributed by atoms with E-state index in [1.54, 1.807) is 0 Å². The van der Waals surface area contributed by atoms with Crippen molar-refractivity contribution in [3.63, 3.8) is 0 Å². The molecule has 1 aromatic carbocycles. The minimum atomic E-state index is 0.132. The molecule has 0 saturated carbocycles. The Morgan fingerprint density at radius 2 is 2.12 bits per heavy atom. The summed E-state index contributed by atoms with van der Waals surface area (Å²) in [5.41, 5.74) is 4.02. The topological polar surface area (TPSA) is 23.5 Å². The molecule has 0 atom stereocenters. The van der Waals surface area contributed by atoms with E-state index < -0.39 is 0 Å². The van der Waals surface area contributed by atoms with Gasteiger partial charge in [0.15, 0.2) is 0 Å². The molecule has 1 N–H and O–H groups in total. The molecule has 1 heterocycles. The maximum absolute atomic E-state index is 9.09. The summed E-state index contributed by atoms with van der Waals surface area (Å²) in [6.07, 6.45) is 1.26. The Balaban J connectivity index is 2.22. The van der Waals surface area contributed by atoms with Crippen LogP contribution in [0.4, 0.5) is 5.69 Å². The van der Waals surface area contributed by atoms with Gasteiger partial charge in [-0.15, -0.1) is 0 Å². The molecule has 0 bridgehead atoms. The van der Waals surface area contributed by atoms with Crippen LogP contribution < -0.4 is 4.90 Å². The lowest BCUT2D eigenvalue weighted by molar-refractivity contribution is 0.282. The van der Waals surface area contributed by atoms with E-state index >= 15 is 0 Å². The van der Waals surface area contributed by atoms with Crippen LogP contribution in [0.2, 0.25) is 0 Å². The molecule has 0 aliphatic carbocycles. The number of aliphatic hydroxyl groups excluding tert-OH is 1. The van der Waals surface area contributed by atoms with Crippen LogP contribution in [-0.4, -0.2) is 18.2 Å². The number of benzene rings is 1. The molecule has 1 fully saturated rings. The Morgan fingerprint density at radius 3 is 2.62 bits per heavy atom. The molecule has 2 nitrogen and oxygen atoms in total. The first-order valence-corrected chi connectivity index (χ1v) is 5.97. The highest BCUT2D eigenvalue weighted by molar-refractivity contribution is 5.55. The fourth-order valence-corrected chi connectivity index (χ4v) is 2.49. The standard InChI is InChI=1S/C14H21NO/c1-11-8-12(9-16)4-5-13(11)15-7-6-14(2,3)10-15/h4-5,8,16H,6-7,9-10H2,1-3H3. The average Bonchev–Trinajstić information content (AvgIpc) is 2.58. The summed E-state index contributed by atoms with van der Waals surface area (Å²) in [5, 5.41) is 9.09. The third kappa shape index (κ3) is 2.22. The maximum atomic E-state index is 9.09. The summed E-state index contributed by atoms with van der Waals surface area (Å²) in [6, 6.07) is 6.25. The van der Waals surface area contributed by atoms with Crippen LogP contribution in [0, 0.1) is 12.3 Å². The van der Waals surface area contributed by atoms with E-state index in [1.807, 2.05) is 6.07 Å². The largest absolute Gasteiger partial charge is 0.392 e. The Labute approximate surface area is 97.9 Å². The normalized spacial score (nSPS) is 19.1. The number of hydrogen-bond donors (Lipinski definition) is 1. The van der Waals surface area contributed by atoms with Gasteiger partial charge in [0.25, 0.3) is 0 Å². The molecule has 1 aliphatic heterocycles. The minimum Gasteiger partial charge on any atom is -0.392 e. The van der Waals surface area contributed by atoms with Gasteiger partial charge in [0.1, 0.15) is 0 Å². The molecule has 2 rings (SSSR count). The maximum Gasteiger partial charge on any atom is 0.0681 e. The van der Waals surface area contributed by atoms with Crippen molar-refractivity contribution in [1.29, 1.82) is 0 Å². The van der Waals surface area contributed by atoms with Gasteiger partial charge in [-0.05, 0) is 36.0 Å². The second-order valence-electron chi connectivity index (χ2n) is 5.61. The van der Waals surface area contributed by atoms with Gasteiger partial charge in [-0.3, -0.25) is 0 Å². The molecule has 1 aromatic rings. The van der Waals surface area contributed by atoms with Gasteiger partial charge in [0.05, 0.1) is 6.61 Å². The molecule has 0 amide bonds. The molecular formula is C14H21NO. The Kier molecular flexibility index (Phi) is 2.94. The Morgan fingerprint density at radius 1 is 1.38 bits per heavy atom. The van der Waals surface area contributed by atoms with E-state index in [4.69, 9.17) is 5.11 Å². The van der Waals surface area contributed by atoms with Crippen LogP contribution in [0.25, 0.3) is 0 Å². The van der Waals surface area contributed by atoms with Gasteiger partial charge in [-0.2, -0.15) is 0 Å². The molecule has 0 radical (unpaired) electrons. The SMILES string of the molecule is Cc1cc(CO)ccc1N1CCC(C)(C)C1. The lowest BCUT2D eigenvalue weighted by Gasteiger charge is -2.23. The summed E-state index contributed by atoms with van der Waals surface area (Å²) in [5.74, 6) is 0. The first-order chi connectivity index (χ1) is 7.52. The molecule has 0 unspecified atom stereocenters. The van der Waals surface area contributed by atoms with E-state index in [-0.39, 0.29) is 6.61 Å². The molecular weight excluding hydrogens is 198 g/mol. The van der Waals surface area contributed by atoms with E-state index in [0.29, 0.717) is 5.41 Å². The Bertz CT molecular complexity index is 384. The van der Waals surface area contributed by atoms with Gasteiger partial charge < -0.3 is 10.0 Å². The molecule has 1 saturated heterocycles. The van der Waals surface area contributed by atoms with E-state index in [2.05, 4.69) is 37.8 Å². The van der Waals surface area contributed by atoms with Crippen molar-refractivity contribution in [1.82, 2.24) is 0 Å². The van der Waals surface area contributed by atoms with Crippen LogP contribution >= 0.6 is 0 Å². The van der Waals surface area contributed by atoms with Crippen molar-refractivity contribution in [2.75, 3.05) is 18.0 Å². The zero-order valence-corrected chi connectivity index (χ0v) is 10.5. The van der Waals surface area contributed by atoms with Crippen molar-refractivity contribution in [3.05, 3.63) is 29.3 Å². The highest BCUT2D eigenvalue weighted by atomic mass is 16.3. The summed E-state index contributed by atoms with van der Waals surface area (Å²) < 4.78 is 0. The number of anilines is 1. The van der Waals surface area contributed by atoms with Crippen molar-refractivity contribution < 1.29 is 5.11 Å². The van der Waals surface area contributed by atoms with Gasteiger partial charge in [-0.1, -0.05) is 26.0 Å². The highest BCUT2D eigenvalue weighted by Gasteiger charge is 2.29. The second-order valence-corrected chi connectivity index (χ2v) is 5.61. The number of nitrogens with zero attached hydrogens (tertiary/aromatic N) is 1. The summed E-state index contributed by atoms with van der Waals surface area (Å²) >= 11 is 0. The number of aliphatic hydroxyl groups is 1. The number of rotatable bonds is 2. The quantitative estimate of drug-likeness (QED) is 0.826. The fourth-order valence-electron chi connectivity index (χ4n) is 2.49. The van der Waals surface area contributed by atoms with Crippen molar-refractivity contribution in [2.45, 2.75) is 33.8 Å². The second kappa shape index (κ2) is 4.10. The molecule has 1 aliphatic rings. The summed E-state index contributed by atoms with van der Waals surface area (Å²) in [7, 11) is 0. The van der Waals surface area contributed by atoms with E-state index in [9.17, 15) is 0 Å². The first kappa shape index (κ1) is 11.5. The monoisotopic (exact) mass is 219 g/mol. The number of aryl methyl sites for hydroxylation is 1. The van der Waals surface area contributed by atoms with E-state index in [0.717, 1.165) is 18.7 Å². The van der Waals surface area contributed by atoms with Crippen LogP contribution in [0.1, 0.15) is 31.4 Å². The van der Waals surface area contributed by atoms with Crippen molar-refractivity contribution in [3.8, 4) is 0 Å². The Hall–Kier alpha value is -1.02. The summed E-state index contributed by atoms with van der Waals surface area (Å²) in [6.45, 7) is 9.18. The zero-order chi connectivity index (χ0) is 11.8. The number of hydrogen-bond acceptors (Lipinski definition) is 2. The zero-order valence-electron chi connectivity index (χ0n) is 10.5. The van der Waals surface area contributed by atoms with Crippen LogP contribution in [0.5, 0.6) is 0 Å². The lowest BCUT2D eigenvalue weighted by Crippen LogP contribution is -2.23. The van der Waals surface area contributed by atoms with Gasteiger partial charge >= 0.3 is 0 Å². The fraction of sp³-hybridized carbons (Fsp3) is 0.571. The predicted molar refractivity (Wildman–Crippen MR) is 67.7 cm³/mol. The molecule has 16 heavy (non-hydrogen) atoms. The highest BCUT2D eigenvalue weighted by Crippen LogP contribution is 2.34. The molecule has 0 spiro atoms. The van der Waals surface area contributed by atoms with Crippen molar-refractivity contribution in [2.24, 2.45) is 5.41 Å². The lowest BCUT2D eigenvalue weighted by atomic mass is 9.93.